The first kappa shape index (κ1) is 23.3. The summed E-state index contributed by atoms with van der Waals surface area (Å²) >= 11 is -4.57. The van der Waals surface area contributed by atoms with Gasteiger partial charge in [-0.2, -0.15) is 0 Å². The third-order valence-corrected chi connectivity index (χ3v) is 13.2. The van der Waals surface area contributed by atoms with Gasteiger partial charge in [-0.25, -0.2) is 0 Å². The van der Waals surface area contributed by atoms with E-state index in [4.69, 9.17) is 6.15 Å². The fourth-order valence-electron chi connectivity index (χ4n) is 1.98. The van der Waals surface area contributed by atoms with Crippen molar-refractivity contribution in [3.05, 3.63) is 0 Å². The molecule has 4 unspecified atom stereocenters. The summed E-state index contributed by atoms with van der Waals surface area (Å²) in [5.74, 6) is 0. The second-order valence-corrected chi connectivity index (χ2v) is 14.6. The van der Waals surface area contributed by atoms with Crippen LogP contribution in [0.1, 0.15) is 26.7 Å². The van der Waals surface area contributed by atoms with E-state index in [1.54, 1.807) is 13.8 Å². The molecule has 0 bridgehead atoms. The van der Waals surface area contributed by atoms with E-state index in [9.17, 15) is 26.3 Å². The second kappa shape index (κ2) is 12.6. The van der Waals surface area contributed by atoms with Crippen LogP contribution in [0.15, 0.2) is 0 Å². The van der Waals surface area contributed by atoms with Crippen LogP contribution in [0.3, 0.4) is 0 Å². The normalized spacial score (nSPS) is 17.7. The number of rotatable bonds is 14. The van der Waals surface area contributed by atoms with Gasteiger partial charge < -0.3 is 0 Å². The molecule has 4 atom stereocenters. The summed E-state index contributed by atoms with van der Waals surface area (Å²) in [6.07, 6.45) is -8.09. The number of hydrogen-bond donors (Lipinski definition) is 0. The molecular weight excluding hydrogens is 433 g/mol. The number of halogens is 6. The van der Waals surface area contributed by atoms with Crippen molar-refractivity contribution in [1.29, 1.82) is 0 Å². The summed E-state index contributed by atoms with van der Waals surface area (Å²) in [6.45, 7) is 0.737. The molecule has 0 aliphatic rings. The van der Waals surface area contributed by atoms with Crippen molar-refractivity contribution in [3.8, 4) is 0 Å². The SMILES string of the molecule is CCC[O][Sn]([CH2]C(F)C(F)CF)([CH2]C(F)C(F)CF)[O]CCC. The van der Waals surface area contributed by atoms with Crippen LogP contribution in [0.25, 0.3) is 0 Å². The molecule has 0 spiro atoms. The van der Waals surface area contributed by atoms with Gasteiger partial charge >= 0.3 is 139 Å². The maximum absolute atomic E-state index is 13.9. The molecular formula is C14H26F6O2Sn. The molecule has 0 aliphatic carbocycles. The van der Waals surface area contributed by atoms with Gasteiger partial charge in [0.05, 0.1) is 0 Å². The van der Waals surface area contributed by atoms with E-state index in [2.05, 4.69) is 0 Å². The first-order valence-electron chi connectivity index (χ1n) is 7.81. The van der Waals surface area contributed by atoms with Crippen LogP contribution in [0, 0.1) is 0 Å². The van der Waals surface area contributed by atoms with Crippen LogP contribution in [0.2, 0.25) is 8.87 Å². The molecule has 0 aromatic rings. The third kappa shape index (κ3) is 8.81. The van der Waals surface area contributed by atoms with Crippen LogP contribution >= 0.6 is 0 Å². The second-order valence-electron chi connectivity index (χ2n) is 5.39. The Hall–Kier alpha value is 0.299. The molecule has 0 fully saturated rings. The van der Waals surface area contributed by atoms with Gasteiger partial charge in [-0.15, -0.1) is 0 Å². The molecule has 0 aromatic heterocycles. The maximum atomic E-state index is 13.9. The zero-order chi connectivity index (χ0) is 17.9. The van der Waals surface area contributed by atoms with Crippen molar-refractivity contribution >= 4 is 19.2 Å². The van der Waals surface area contributed by atoms with Gasteiger partial charge in [0.25, 0.3) is 0 Å². The molecule has 0 N–H and O–H groups in total. The molecule has 0 amide bonds. The molecule has 140 valence electrons. The Bertz CT molecular complexity index is 272. The molecule has 0 aliphatic heterocycles. The van der Waals surface area contributed by atoms with E-state index >= 15 is 0 Å². The molecule has 0 saturated carbocycles. The molecule has 0 radical (unpaired) electrons. The number of hydrogen-bond acceptors (Lipinski definition) is 2. The van der Waals surface area contributed by atoms with Gasteiger partial charge in [-0.3, -0.25) is 0 Å². The van der Waals surface area contributed by atoms with E-state index in [-0.39, 0.29) is 13.2 Å². The minimum atomic E-state index is -4.57. The molecule has 0 heterocycles. The topological polar surface area (TPSA) is 18.5 Å². The summed E-state index contributed by atoms with van der Waals surface area (Å²) in [5, 5.41) is 0. The van der Waals surface area contributed by atoms with Crippen molar-refractivity contribution in [3.63, 3.8) is 0 Å². The quantitative estimate of drug-likeness (QED) is 0.280. The summed E-state index contributed by atoms with van der Waals surface area (Å²) in [4.78, 5) is 0. The standard InChI is InChI=1S/2C4H6F3.2C3H7O.Sn/c2*1-3(6)4(7)2-5;2*1-2-3-4;/h2*3-4H,1-2H2;2*2-3H2,1H3;/q;;2*-1;+2. The van der Waals surface area contributed by atoms with E-state index in [1.807, 2.05) is 0 Å². The Morgan fingerprint density at radius 1 is 0.696 bits per heavy atom. The van der Waals surface area contributed by atoms with Gasteiger partial charge in [0.1, 0.15) is 0 Å². The first-order chi connectivity index (χ1) is 10.9. The van der Waals surface area contributed by atoms with Gasteiger partial charge in [0.2, 0.25) is 0 Å². The molecule has 2 nitrogen and oxygen atoms in total. The Balaban J connectivity index is 5.21. The van der Waals surface area contributed by atoms with Crippen LogP contribution in [0.5, 0.6) is 0 Å². The van der Waals surface area contributed by atoms with E-state index in [0.29, 0.717) is 12.8 Å². The fraction of sp³-hybridized carbons (Fsp3) is 1.00. The van der Waals surface area contributed by atoms with Crippen LogP contribution in [-0.4, -0.2) is 70.5 Å². The Morgan fingerprint density at radius 2 is 1.04 bits per heavy atom. The van der Waals surface area contributed by atoms with Crippen LogP contribution in [-0.2, 0) is 6.15 Å². The summed E-state index contributed by atoms with van der Waals surface area (Å²) < 4.78 is 88.7. The Kier molecular flexibility index (Phi) is 12.8. The van der Waals surface area contributed by atoms with Crippen molar-refractivity contribution in [2.45, 2.75) is 60.2 Å². The van der Waals surface area contributed by atoms with Gasteiger partial charge in [-0.05, 0) is 0 Å². The van der Waals surface area contributed by atoms with Crippen molar-refractivity contribution < 1.29 is 32.5 Å². The van der Waals surface area contributed by atoms with E-state index in [1.165, 1.54) is 0 Å². The average molecular weight is 459 g/mol. The average Bonchev–Trinajstić information content (AvgIpc) is 2.56. The third-order valence-electron chi connectivity index (χ3n) is 3.23. The van der Waals surface area contributed by atoms with Crippen LogP contribution in [0.4, 0.5) is 26.3 Å². The summed E-state index contributed by atoms with van der Waals surface area (Å²) in [7, 11) is 0. The minimum absolute atomic E-state index is 0.123. The predicted octanol–water partition coefficient (Wildman–Crippen LogP) is 4.57. The van der Waals surface area contributed by atoms with E-state index in [0.717, 1.165) is 0 Å². The van der Waals surface area contributed by atoms with Crippen molar-refractivity contribution in [1.82, 2.24) is 0 Å². The molecule has 0 saturated heterocycles. The number of alkyl halides is 6. The van der Waals surface area contributed by atoms with Crippen molar-refractivity contribution in [2.75, 3.05) is 26.6 Å². The predicted molar refractivity (Wildman–Crippen MR) is 79.4 cm³/mol. The monoisotopic (exact) mass is 460 g/mol. The fourth-order valence-corrected chi connectivity index (χ4v) is 12.2. The van der Waals surface area contributed by atoms with E-state index < -0.39 is 66.1 Å². The summed E-state index contributed by atoms with van der Waals surface area (Å²) in [5.41, 5.74) is 0. The molecule has 23 heavy (non-hydrogen) atoms. The van der Waals surface area contributed by atoms with Crippen molar-refractivity contribution in [2.24, 2.45) is 0 Å². The zero-order valence-electron chi connectivity index (χ0n) is 13.6. The van der Waals surface area contributed by atoms with Gasteiger partial charge in [0, 0.05) is 0 Å². The van der Waals surface area contributed by atoms with Gasteiger partial charge in [-0.1, -0.05) is 0 Å². The van der Waals surface area contributed by atoms with Crippen LogP contribution < -0.4 is 0 Å². The molecule has 0 rings (SSSR count). The molecule has 0 aromatic carbocycles. The Labute approximate surface area is 138 Å². The first-order valence-corrected chi connectivity index (χ1v) is 14.2. The Morgan fingerprint density at radius 3 is 1.30 bits per heavy atom. The van der Waals surface area contributed by atoms with Gasteiger partial charge in [0.15, 0.2) is 0 Å². The summed E-state index contributed by atoms with van der Waals surface area (Å²) in [6, 6.07) is 0. The molecule has 9 heteroatoms. The zero-order valence-corrected chi connectivity index (χ0v) is 16.4.